The highest BCUT2D eigenvalue weighted by atomic mass is 35.5. The van der Waals surface area contributed by atoms with Gasteiger partial charge in [-0.3, -0.25) is 4.79 Å². The van der Waals surface area contributed by atoms with Crippen molar-refractivity contribution in [2.45, 2.75) is 25.6 Å². The Hall–Kier alpha value is -2.58. The fourth-order valence-electron chi connectivity index (χ4n) is 2.36. The molecule has 1 aromatic carbocycles. The molecule has 2 heterocycles. The van der Waals surface area contributed by atoms with Gasteiger partial charge in [-0.15, -0.1) is 10.2 Å². The fourth-order valence-corrected chi connectivity index (χ4v) is 3.20. The Kier molecular flexibility index (Phi) is 6.53. The first-order chi connectivity index (χ1) is 13.4. The van der Waals surface area contributed by atoms with E-state index in [1.165, 1.54) is 18.0 Å². The normalized spacial score (nSPS) is 10.7. The van der Waals surface area contributed by atoms with Crippen molar-refractivity contribution < 1.29 is 9.53 Å². The van der Waals surface area contributed by atoms with E-state index in [1.807, 2.05) is 43.7 Å². The van der Waals surface area contributed by atoms with Crippen LogP contribution in [-0.4, -0.2) is 31.4 Å². The van der Waals surface area contributed by atoms with E-state index < -0.39 is 0 Å². The van der Waals surface area contributed by atoms with Crippen LogP contribution in [0.4, 0.5) is 5.82 Å². The second-order valence-electron chi connectivity index (χ2n) is 6.21. The number of halogens is 1. The Balaban J connectivity index is 1.54. The fraction of sp³-hybridized carbons (Fsp3) is 0.263. The molecule has 0 fully saturated rings. The van der Waals surface area contributed by atoms with Crippen molar-refractivity contribution in [2.24, 2.45) is 7.05 Å². The lowest BCUT2D eigenvalue weighted by Gasteiger charge is -2.10. The Bertz CT molecular complexity index is 975. The average Bonchev–Trinajstić information content (AvgIpc) is 3.02. The van der Waals surface area contributed by atoms with Crippen LogP contribution in [0.5, 0.6) is 5.75 Å². The van der Waals surface area contributed by atoms with E-state index in [0.717, 1.165) is 16.9 Å². The van der Waals surface area contributed by atoms with Gasteiger partial charge >= 0.3 is 0 Å². The number of hydrogen-bond acceptors (Lipinski definition) is 6. The molecule has 146 valence electrons. The molecular formula is C19H20ClN5O2S. The number of carbonyl (C=O) groups excluding carboxylic acids is 1. The topological polar surface area (TPSA) is 81.9 Å². The zero-order valence-corrected chi connectivity index (χ0v) is 17.3. The maximum absolute atomic E-state index is 12.1. The predicted molar refractivity (Wildman–Crippen MR) is 110 cm³/mol. The third kappa shape index (κ3) is 5.24. The lowest BCUT2D eigenvalue weighted by molar-refractivity contribution is -0.113. The molecule has 9 heteroatoms. The van der Waals surface area contributed by atoms with Gasteiger partial charge in [0.1, 0.15) is 18.2 Å². The molecule has 0 saturated heterocycles. The summed E-state index contributed by atoms with van der Waals surface area (Å²) in [6, 6.07) is 9.38. The van der Waals surface area contributed by atoms with E-state index >= 15 is 0 Å². The molecule has 3 aromatic rings. The van der Waals surface area contributed by atoms with Crippen molar-refractivity contribution in [3.8, 4) is 5.75 Å². The number of aromatic nitrogens is 4. The molecule has 0 radical (unpaired) electrons. The van der Waals surface area contributed by atoms with Gasteiger partial charge in [-0.25, -0.2) is 4.98 Å². The van der Waals surface area contributed by atoms with Gasteiger partial charge in [0.05, 0.1) is 10.8 Å². The molecule has 3 rings (SSSR count). The summed E-state index contributed by atoms with van der Waals surface area (Å²) in [5, 5.41) is 12.2. The van der Waals surface area contributed by atoms with Crippen molar-refractivity contribution in [1.29, 1.82) is 0 Å². The van der Waals surface area contributed by atoms with Crippen LogP contribution in [0, 0.1) is 13.8 Å². The van der Waals surface area contributed by atoms with Gasteiger partial charge in [-0.05, 0) is 43.2 Å². The minimum atomic E-state index is -0.184. The molecule has 2 aromatic heterocycles. The molecule has 1 N–H and O–H groups in total. The number of benzene rings is 1. The van der Waals surface area contributed by atoms with Gasteiger partial charge in [-0.1, -0.05) is 35.5 Å². The molecule has 7 nitrogen and oxygen atoms in total. The van der Waals surface area contributed by atoms with Crippen molar-refractivity contribution in [3.63, 3.8) is 0 Å². The minimum Gasteiger partial charge on any atom is -0.485 e. The SMILES string of the molecule is Cc1ccc(C)c(OCc2nnc(SCC(=O)Nc3ccc(Cl)cn3)n2C)c1. The van der Waals surface area contributed by atoms with E-state index in [9.17, 15) is 4.79 Å². The van der Waals surface area contributed by atoms with Gasteiger partial charge in [0.15, 0.2) is 11.0 Å². The molecular weight excluding hydrogens is 398 g/mol. The molecule has 0 aliphatic heterocycles. The van der Waals surface area contributed by atoms with Crippen LogP contribution in [0.15, 0.2) is 41.7 Å². The highest BCUT2D eigenvalue weighted by Gasteiger charge is 2.13. The van der Waals surface area contributed by atoms with E-state index in [-0.39, 0.29) is 11.7 Å². The summed E-state index contributed by atoms with van der Waals surface area (Å²) in [6.07, 6.45) is 1.48. The number of ether oxygens (including phenoxy) is 1. The molecule has 28 heavy (non-hydrogen) atoms. The summed E-state index contributed by atoms with van der Waals surface area (Å²) in [4.78, 5) is 16.1. The molecule has 0 unspecified atom stereocenters. The third-order valence-corrected chi connectivity index (χ3v) is 5.20. The summed E-state index contributed by atoms with van der Waals surface area (Å²) in [5.74, 6) is 1.97. The quantitative estimate of drug-likeness (QED) is 0.589. The first kappa shape index (κ1) is 20.2. The van der Waals surface area contributed by atoms with E-state index in [0.29, 0.717) is 28.4 Å². The zero-order chi connectivity index (χ0) is 20.1. The molecule has 0 aliphatic carbocycles. The van der Waals surface area contributed by atoms with Gasteiger partial charge in [0.2, 0.25) is 5.91 Å². The second kappa shape index (κ2) is 9.07. The number of nitrogens with one attached hydrogen (secondary N) is 1. The number of nitrogens with zero attached hydrogens (tertiary/aromatic N) is 4. The van der Waals surface area contributed by atoms with E-state index in [4.69, 9.17) is 16.3 Å². The van der Waals surface area contributed by atoms with Crippen LogP contribution >= 0.6 is 23.4 Å². The van der Waals surface area contributed by atoms with E-state index in [2.05, 4.69) is 20.5 Å². The zero-order valence-electron chi connectivity index (χ0n) is 15.8. The summed E-state index contributed by atoms with van der Waals surface area (Å²) in [5.41, 5.74) is 2.20. The summed E-state index contributed by atoms with van der Waals surface area (Å²) in [6.45, 7) is 4.32. The minimum absolute atomic E-state index is 0.184. The lowest BCUT2D eigenvalue weighted by Crippen LogP contribution is -2.15. The highest BCUT2D eigenvalue weighted by molar-refractivity contribution is 7.99. The van der Waals surface area contributed by atoms with Crippen LogP contribution < -0.4 is 10.1 Å². The first-order valence-electron chi connectivity index (χ1n) is 8.55. The average molecular weight is 418 g/mol. The highest BCUT2D eigenvalue weighted by Crippen LogP contribution is 2.21. The maximum atomic E-state index is 12.1. The van der Waals surface area contributed by atoms with Gasteiger partial charge in [0.25, 0.3) is 0 Å². The summed E-state index contributed by atoms with van der Waals surface area (Å²) >= 11 is 7.08. The molecule has 0 bridgehead atoms. The van der Waals surface area contributed by atoms with Crippen LogP contribution in [0.1, 0.15) is 17.0 Å². The Morgan fingerprint density at radius 2 is 2.07 bits per heavy atom. The van der Waals surface area contributed by atoms with Crippen LogP contribution in [0.2, 0.25) is 5.02 Å². The maximum Gasteiger partial charge on any atom is 0.236 e. The van der Waals surface area contributed by atoms with Crippen LogP contribution in [0.25, 0.3) is 0 Å². The van der Waals surface area contributed by atoms with Crippen LogP contribution in [0.3, 0.4) is 0 Å². The Morgan fingerprint density at radius 1 is 1.25 bits per heavy atom. The number of amides is 1. The van der Waals surface area contributed by atoms with Crippen molar-refractivity contribution in [2.75, 3.05) is 11.1 Å². The number of carbonyl (C=O) groups is 1. The molecule has 0 spiro atoms. The third-order valence-electron chi connectivity index (χ3n) is 3.95. The first-order valence-corrected chi connectivity index (χ1v) is 9.91. The van der Waals surface area contributed by atoms with Gasteiger partial charge in [0, 0.05) is 13.2 Å². The predicted octanol–water partition coefficient (Wildman–Crippen LogP) is 3.79. The molecule has 0 saturated carbocycles. The van der Waals surface area contributed by atoms with E-state index in [1.54, 1.807) is 12.1 Å². The van der Waals surface area contributed by atoms with Crippen molar-refractivity contribution in [1.82, 2.24) is 19.7 Å². The number of pyridine rings is 1. The standard InChI is InChI=1S/C19H20ClN5O2S/c1-12-4-5-13(2)15(8-12)27-10-17-23-24-19(25(17)3)28-11-18(26)22-16-7-6-14(20)9-21-16/h4-9H,10-11H2,1-3H3,(H,21,22,26). The number of aryl methyl sites for hydroxylation is 2. The van der Waals surface area contributed by atoms with Crippen molar-refractivity contribution >= 4 is 35.1 Å². The van der Waals surface area contributed by atoms with Crippen LogP contribution in [-0.2, 0) is 18.4 Å². The largest absolute Gasteiger partial charge is 0.485 e. The monoisotopic (exact) mass is 417 g/mol. The Morgan fingerprint density at radius 3 is 2.82 bits per heavy atom. The van der Waals surface area contributed by atoms with Gasteiger partial charge in [-0.2, -0.15) is 0 Å². The van der Waals surface area contributed by atoms with Crippen molar-refractivity contribution in [3.05, 3.63) is 58.5 Å². The molecule has 1 amide bonds. The number of anilines is 1. The Labute approximate surface area is 172 Å². The number of thioether (sulfide) groups is 1. The summed E-state index contributed by atoms with van der Waals surface area (Å²) in [7, 11) is 1.85. The number of hydrogen-bond donors (Lipinski definition) is 1. The lowest BCUT2D eigenvalue weighted by atomic mass is 10.1. The summed E-state index contributed by atoms with van der Waals surface area (Å²) < 4.78 is 7.70. The smallest absolute Gasteiger partial charge is 0.236 e. The number of rotatable bonds is 7. The molecule has 0 aliphatic rings. The van der Waals surface area contributed by atoms with Gasteiger partial charge < -0.3 is 14.6 Å². The second-order valence-corrected chi connectivity index (χ2v) is 7.59. The molecule has 0 atom stereocenters.